The molecule has 2 rings (SSSR count). The van der Waals surface area contributed by atoms with Crippen LogP contribution in [-0.2, 0) is 9.05 Å². The molecule has 110 valence electrons. The van der Waals surface area contributed by atoms with Gasteiger partial charge in [-0.2, -0.15) is 0 Å². The molecule has 0 heterocycles. The van der Waals surface area contributed by atoms with Gasteiger partial charge in [0.25, 0.3) is 15.0 Å². The third kappa shape index (κ3) is 3.06. The normalized spacial score (nSPS) is 15.8. The molecule has 0 unspecified atom stereocenters. The number of nitrogens with zero attached hydrogens (tertiary/aromatic N) is 1. The van der Waals surface area contributed by atoms with E-state index in [0.29, 0.717) is 0 Å². The van der Waals surface area contributed by atoms with Gasteiger partial charge in [0.15, 0.2) is 0 Å². The van der Waals surface area contributed by atoms with Crippen LogP contribution in [0.1, 0.15) is 29.6 Å². The zero-order valence-electron chi connectivity index (χ0n) is 10.6. The van der Waals surface area contributed by atoms with Crippen molar-refractivity contribution in [3.8, 4) is 0 Å². The molecule has 1 aliphatic carbocycles. The monoisotopic (exact) mass is 355 g/mol. The topological polar surface area (TPSA) is 54.5 Å². The summed E-state index contributed by atoms with van der Waals surface area (Å²) in [6.45, 7) is 0. The number of amides is 1. The maximum Gasteiger partial charge on any atom is 0.262 e. The Morgan fingerprint density at radius 1 is 1.30 bits per heavy atom. The van der Waals surface area contributed by atoms with Gasteiger partial charge in [-0.05, 0) is 31.4 Å². The second kappa shape index (κ2) is 5.72. The summed E-state index contributed by atoms with van der Waals surface area (Å²) in [7, 11) is 2.92. The first-order chi connectivity index (χ1) is 9.21. The van der Waals surface area contributed by atoms with E-state index < -0.39 is 9.05 Å². The van der Waals surface area contributed by atoms with E-state index in [1.807, 2.05) is 0 Å². The van der Waals surface area contributed by atoms with Gasteiger partial charge in [-0.3, -0.25) is 4.79 Å². The number of benzene rings is 1. The highest BCUT2D eigenvalue weighted by Gasteiger charge is 2.28. The van der Waals surface area contributed by atoms with Crippen molar-refractivity contribution in [3.63, 3.8) is 0 Å². The molecule has 0 aliphatic heterocycles. The van der Waals surface area contributed by atoms with Crippen LogP contribution in [0.15, 0.2) is 17.0 Å². The van der Waals surface area contributed by atoms with Crippen LogP contribution in [0.25, 0.3) is 0 Å². The largest absolute Gasteiger partial charge is 0.339 e. The predicted molar refractivity (Wildman–Crippen MR) is 79.2 cm³/mol. The van der Waals surface area contributed by atoms with Gasteiger partial charge in [-0.15, -0.1) is 0 Å². The van der Waals surface area contributed by atoms with E-state index in [1.54, 1.807) is 11.9 Å². The third-order valence-electron chi connectivity index (χ3n) is 3.45. The second-order valence-electron chi connectivity index (χ2n) is 4.71. The fourth-order valence-electron chi connectivity index (χ4n) is 2.01. The number of hydrogen-bond donors (Lipinski definition) is 0. The molecule has 0 radical (unpaired) electrons. The molecule has 1 aromatic carbocycles. The molecule has 0 saturated heterocycles. The number of halogens is 3. The Labute approximate surface area is 132 Å². The van der Waals surface area contributed by atoms with Crippen molar-refractivity contribution < 1.29 is 13.2 Å². The molecule has 20 heavy (non-hydrogen) atoms. The van der Waals surface area contributed by atoms with Crippen molar-refractivity contribution in [2.24, 2.45) is 0 Å². The molecular formula is C12H12Cl3NO3S. The first kappa shape index (κ1) is 15.9. The Bertz CT molecular complexity index is 656. The fraction of sp³-hybridized carbons (Fsp3) is 0.417. The van der Waals surface area contributed by atoms with Gasteiger partial charge in [0.2, 0.25) is 0 Å². The average Bonchev–Trinajstić information content (AvgIpc) is 2.27. The lowest BCUT2D eigenvalue weighted by atomic mass is 9.91. The van der Waals surface area contributed by atoms with E-state index in [-0.39, 0.29) is 32.5 Å². The number of rotatable bonds is 3. The van der Waals surface area contributed by atoms with Crippen LogP contribution in [0, 0.1) is 0 Å². The molecule has 0 N–H and O–H groups in total. The fourth-order valence-corrected chi connectivity index (χ4v) is 3.77. The molecule has 1 aromatic rings. The summed E-state index contributed by atoms with van der Waals surface area (Å²) in [5.41, 5.74) is 0.160. The van der Waals surface area contributed by atoms with Crippen molar-refractivity contribution in [2.45, 2.75) is 30.2 Å². The Balaban J connectivity index is 2.42. The first-order valence-corrected chi connectivity index (χ1v) is 8.99. The summed E-state index contributed by atoms with van der Waals surface area (Å²) < 4.78 is 22.9. The van der Waals surface area contributed by atoms with Gasteiger partial charge in [-0.25, -0.2) is 8.42 Å². The van der Waals surface area contributed by atoms with Crippen molar-refractivity contribution in [2.75, 3.05) is 7.05 Å². The quantitative estimate of drug-likeness (QED) is 0.778. The van der Waals surface area contributed by atoms with Crippen LogP contribution >= 0.6 is 33.9 Å². The average molecular weight is 357 g/mol. The molecule has 1 aliphatic rings. The maximum absolute atomic E-state index is 12.3. The number of carbonyl (C=O) groups is 1. The minimum absolute atomic E-state index is 0.0150. The van der Waals surface area contributed by atoms with Gasteiger partial charge in [-0.1, -0.05) is 23.2 Å². The van der Waals surface area contributed by atoms with E-state index in [0.717, 1.165) is 25.3 Å². The molecule has 0 atom stereocenters. The summed E-state index contributed by atoms with van der Waals surface area (Å²) in [4.78, 5) is 13.6. The van der Waals surface area contributed by atoms with Gasteiger partial charge >= 0.3 is 0 Å². The lowest BCUT2D eigenvalue weighted by Crippen LogP contribution is -2.41. The van der Waals surface area contributed by atoms with Crippen LogP contribution in [0.3, 0.4) is 0 Å². The van der Waals surface area contributed by atoms with Crippen molar-refractivity contribution in [1.29, 1.82) is 0 Å². The number of carbonyl (C=O) groups excluding carboxylic acids is 1. The highest BCUT2D eigenvalue weighted by atomic mass is 35.7. The molecular weight excluding hydrogens is 345 g/mol. The number of hydrogen-bond acceptors (Lipinski definition) is 3. The third-order valence-corrected chi connectivity index (χ3v) is 5.71. The minimum atomic E-state index is -4.06. The summed E-state index contributed by atoms with van der Waals surface area (Å²) >= 11 is 11.7. The van der Waals surface area contributed by atoms with Crippen molar-refractivity contribution in [3.05, 3.63) is 27.7 Å². The highest BCUT2D eigenvalue weighted by Crippen LogP contribution is 2.34. The lowest BCUT2D eigenvalue weighted by molar-refractivity contribution is 0.0652. The van der Waals surface area contributed by atoms with Gasteiger partial charge in [0, 0.05) is 29.3 Å². The molecule has 0 spiro atoms. The zero-order chi connectivity index (χ0) is 15.1. The Kier molecular flexibility index (Phi) is 4.54. The summed E-state index contributed by atoms with van der Waals surface area (Å²) in [6, 6.07) is 2.70. The van der Waals surface area contributed by atoms with Crippen LogP contribution < -0.4 is 0 Å². The Hall–Kier alpha value is -0.490. The smallest absolute Gasteiger partial charge is 0.262 e. The highest BCUT2D eigenvalue weighted by molar-refractivity contribution is 8.13. The molecule has 1 fully saturated rings. The van der Waals surface area contributed by atoms with E-state index in [4.69, 9.17) is 33.9 Å². The van der Waals surface area contributed by atoms with Crippen molar-refractivity contribution >= 4 is 48.8 Å². The zero-order valence-corrected chi connectivity index (χ0v) is 13.7. The molecule has 8 heteroatoms. The van der Waals surface area contributed by atoms with E-state index in [1.165, 1.54) is 6.07 Å². The van der Waals surface area contributed by atoms with E-state index in [2.05, 4.69) is 0 Å². The molecule has 4 nitrogen and oxygen atoms in total. The SMILES string of the molecule is CN(C(=O)c1cc(Cl)c(Cl)c(S(=O)(=O)Cl)c1)C1CCC1. The van der Waals surface area contributed by atoms with E-state index >= 15 is 0 Å². The van der Waals surface area contributed by atoms with E-state index in [9.17, 15) is 13.2 Å². The van der Waals surface area contributed by atoms with Crippen LogP contribution in [0.4, 0.5) is 0 Å². The molecule has 0 bridgehead atoms. The summed E-state index contributed by atoms with van der Waals surface area (Å²) in [5.74, 6) is -0.296. The minimum Gasteiger partial charge on any atom is -0.339 e. The first-order valence-electron chi connectivity index (χ1n) is 5.92. The van der Waals surface area contributed by atoms with Crippen LogP contribution in [-0.4, -0.2) is 32.3 Å². The summed E-state index contributed by atoms with van der Waals surface area (Å²) in [6.07, 6.45) is 2.99. The predicted octanol–water partition coefficient (Wildman–Crippen LogP) is 3.55. The molecule has 1 amide bonds. The Morgan fingerprint density at radius 2 is 1.90 bits per heavy atom. The van der Waals surface area contributed by atoms with Crippen LogP contribution in [0.5, 0.6) is 0 Å². The summed E-state index contributed by atoms with van der Waals surface area (Å²) in [5, 5.41) is -0.191. The van der Waals surface area contributed by atoms with Gasteiger partial charge in [0.1, 0.15) is 4.90 Å². The Morgan fingerprint density at radius 3 is 2.35 bits per heavy atom. The standard InChI is InChI=1S/C12H12Cl3NO3S/c1-16(8-3-2-4-8)12(17)7-5-9(13)11(14)10(6-7)20(15,18)19/h5-6,8H,2-4H2,1H3. The van der Waals surface area contributed by atoms with Gasteiger partial charge in [0.05, 0.1) is 10.0 Å². The lowest BCUT2D eigenvalue weighted by Gasteiger charge is -2.34. The second-order valence-corrected chi connectivity index (χ2v) is 8.03. The van der Waals surface area contributed by atoms with Crippen LogP contribution in [0.2, 0.25) is 10.0 Å². The molecule has 0 aromatic heterocycles. The maximum atomic E-state index is 12.3. The van der Waals surface area contributed by atoms with Gasteiger partial charge < -0.3 is 4.90 Å². The molecule has 1 saturated carbocycles. The van der Waals surface area contributed by atoms with Crippen molar-refractivity contribution in [1.82, 2.24) is 4.90 Å².